The van der Waals surface area contributed by atoms with Crippen LogP contribution in [0, 0.1) is 17.6 Å². The third-order valence-electron chi connectivity index (χ3n) is 3.84. The fourth-order valence-electron chi connectivity index (χ4n) is 2.52. The van der Waals surface area contributed by atoms with Gasteiger partial charge in [-0.3, -0.25) is 4.79 Å². The summed E-state index contributed by atoms with van der Waals surface area (Å²) in [6.07, 6.45) is 6.20. The van der Waals surface area contributed by atoms with Crippen LogP contribution in [0.15, 0.2) is 68.9 Å². The Balaban J connectivity index is 2.70. The number of aryl methyl sites for hydroxylation is 1. The summed E-state index contributed by atoms with van der Waals surface area (Å²) in [7, 11) is -4.01. The largest absolute Gasteiger partial charge is 0.288 e. The van der Waals surface area contributed by atoms with E-state index >= 15 is 0 Å². The number of nitriles is 1. The van der Waals surface area contributed by atoms with Crippen LogP contribution in [0.3, 0.4) is 0 Å². The lowest BCUT2D eigenvalue weighted by atomic mass is 9.93. The zero-order valence-corrected chi connectivity index (χ0v) is 17.5. The Hall–Kier alpha value is -2.69. The van der Waals surface area contributed by atoms with Gasteiger partial charge < -0.3 is 0 Å². The minimum Gasteiger partial charge on any atom is -0.288 e. The molecule has 0 saturated carbocycles. The van der Waals surface area contributed by atoms with Gasteiger partial charge in [-0.05, 0) is 50.8 Å². The van der Waals surface area contributed by atoms with E-state index in [1.807, 2.05) is 26.2 Å². The number of hydrogen-bond acceptors (Lipinski definition) is 5. The number of thiocyanates is 1. The van der Waals surface area contributed by atoms with Crippen molar-refractivity contribution in [3.63, 3.8) is 0 Å². The van der Waals surface area contributed by atoms with Gasteiger partial charge in [0.05, 0.1) is 15.5 Å². The number of benzene rings is 1. The number of sulfonamides is 1. The lowest BCUT2D eigenvalue weighted by Crippen LogP contribution is -2.18. The molecular formula is C21H20N2O3S2. The topological polar surface area (TPSA) is 87.4 Å². The van der Waals surface area contributed by atoms with E-state index in [1.54, 1.807) is 24.3 Å². The zero-order valence-electron chi connectivity index (χ0n) is 15.9. The maximum Gasteiger partial charge on any atom is 0.279 e. The lowest BCUT2D eigenvalue weighted by Gasteiger charge is -2.16. The van der Waals surface area contributed by atoms with Crippen molar-refractivity contribution in [1.82, 2.24) is 0 Å². The van der Waals surface area contributed by atoms with Crippen LogP contribution in [0.1, 0.15) is 41.8 Å². The van der Waals surface area contributed by atoms with Gasteiger partial charge in [0, 0.05) is 17.5 Å². The Morgan fingerprint density at radius 3 is 2.61 bits per heavy atom. The molecule has 1 aliphatic carbocycles. The van der Waals surface area contributed by atoms with Crippen molar-refractivity contribution in [2.24, 2.45) is 4.40 Å². The minimum absolute atomic E-state index is 0.102. The van der Waals surface area contributed by atoms with Gasteiger partial charge in [0.1, 0.15) is 5.40 Å². The van der Waals surface area contributed by atoms with Gasteiger partial charge >= 0.3 is 0 Å². The normalized spacial score (nSPS) is 15.5. The van der Waals surface area contributed by atoms with Crippen molar-refractivity contribution in [2.45, 2.75) is 27.2 Å². The second kappa shape index (κ2) is 9.00. The average molecular weight is 413 g/mol. The van der Waals surface area contributed by atoms with Gasteiger partial charge in [0.2, 0.25) is 5.78 Å². The van der Waals surface area contributed by atoms with Gasteiger partial charge in [-0.2, -0.15) is 18.1 Å². The van der Waals surface area contributed by atoms with E-state index in [2.05, 4.69) is 11.0 Å². The van der Waals surface area contributed by atoms with Gasteiger partial charge in [0.15, 0.2) is 0 Å². The molecule has 0 aromatic heterocycles. The molecule has 0 unspecified atom stereocenters. The predicted octanol–water partition coefficient (Wildman–Crippen LogP) is 4.83. The Morgan fingerprint density at radius 1 is 1.29 bits per heavy atom. The quantitative estimate of drug-likeness (QED) is 0.379. The summed E-state index contributed by atoms with van der Waals surface area (Å²) in [6.45, 7) is 9.18. The number of carbonyl (C=O) groups is 1. The molecule has 0 spiro atoms. The highest BCUT2D eigenvalue weighted by atomic mass is 32.2. The summed E-state index contributed by atoms with van der Waals surface area (Å²) in [5.74, 6) is -0.315. The lowest BCUT2D eigenvalue weighted by molar-refractivity contribution is 0.104. The first kappa shape index (κ1) is 21.6. The van der Waals surface area contributed by atoms with E-state index in [9.17, 15) is 13.2 Å². The molecule has 0 atom stereocenters. The number of nitrogens with zero attached hydrogens (tertiary/aromatic N) is 2. The van der Waals surface area contributed by atoms with Crippen LogP contribution < -0.4 is 0 Å². The van der Waals surface area contributed by atoms with Gasteiger partial charge in [-0.25, -0.2) is 0 Å². The molecule has 1 aromatic rings. The maximum absolute atomic E-state index is 12.9. The summed E-state index contributed by atoms with van der Waals surface area (Å²) < 4.78 is 29.9. The highest BCUT2D eigenvalue weighted by Crippen LogP contribution is 2.30. The summed E-state index contributed by atoms with van der Waals surface area (Å²) >= 11 is 0.692. The van der Waals surface area contributed by atoms with Crippen LogP contribution in [-0.2, 0) is 10.0 Å². The molecule has 0 saturated heterocycles. The first-order valence-electron chi connectivity index (χ1n) is 8.43. The highest BCUT2D eigenvalue weighted by molar-refractivity contribution is 8.08. The van der Waals surface area contributed by atoms with Gasteiger partial charge in [-0.1, -0.05) is 35.4 Å². The van der Waals surface area contributed by atoms with E-state index < -0.39 is 10.0 Å². The Labute approximate surface area is 169 Å². The average Bonchev–Trinajstić information content (AvgIpc) is 2.62. The van der Waals surface area contributed by atoms with Crippen LogP contribution >= 0.6 is 11.8 Å². The molecule has 0 bridgehead atoms. The Kier molecular flexibility index (Phi) is 6.95. The van der Waals surface area contributed by atoms with Gasteiger partial charge in [-0.15, -0.1) is 6.58 Å². The molecule has 28 heavy (non-hydrogen) atoms. The number of carbonyl (C=O) groups excluding carboxylic acids is 1. The number of thioether (sulfide) groups is 1. The highest BCUT2D eigenvalue weighted by Gasteiger charge is 2.27. The van der Waals surface area contributed by atoms with Crippen LogP contribution in [0.5, 0.6) is 0 Å². The number of fused-ring (bicyclic) bond motifs is 1. The van der Waals surface area contributed by atoms with Crippen molar-refractivity contribution in [3.8, 4) is 5.40 Å². The van der Waals surface area contributed by atoms with Crippen LogP contribution in [0.4, 0.5) is 0 Å². The summed E-state index contributed by atoms with van der Waals surface area (Å²) in [4.78, 5) is 12.8. The van der Waals surface area contributed by atoms with E-state index in [0.29, 0.717) is 22.9 Å². The molecule has 0 fully saturated rings. The van der Waals surface area contributed by atoms with Crippen molar-refractivity contribution in [3.05, 3.63) is 81.2 Å². The Morgan fingerprint density at radius 2 is 2.00 bits per heavy atom. The van der Waals surface area contributed by atoms with E-state index in [4.69, 9.17) is 5.26 Å². The van der Waals surface area contributed by atoms with Crippen molar-refractivity contribution >= 4 is 33.3 Å². The second-order valence-corrected chi connectivity index (χ2v) is 8.89. The number of allylic oxidation sites excluding steroid dienone is 7. The molecule has 0 radical (unpaired) electrons. The van der Waals surface area contributed by atoms with Crippen molar-refractivity contribution in [2.75, 3.05) is 0 Å². The molecule has 0 heterocycles. The monoisotopic (exact) mass is 412 g/mol. The smallest absolute Gasteiger partial charge is 0.279 e. The molecular weight excluding hydrogens is 392 g/mol. The third kappa shape index (κ3) is 4.97. The van der Waals surface area contributed by atoms with E-state index in [0.717, 1.165) is 11.1 Å². The van der Waals surface area contributed by atoms with Gasteiger partial charge in [0.25, 0.3) is 10.0 Å². The molecule has 0 aliphatic heterocycles. The first-order chi connectivity index (χ1) is 13.2. The van der Waals surface area contributed by atoms with Crippen LogP contribution in [-0.4, -0.2) is 19.9 Å². The fraction of sp³-hybridized carbons (Fsp3) is 0.190. The summed E-state index contributed by atoms with van der Waals surface area (Å²) in [6, 6.07) is 5.11. The minimum atomic E-state index is -4.01. The molecule has 2 rings (SSSR count). The number of hydrogen-bond donors (Lipinski definition) is 0. The molecule has 0 N–H and O–H groups in total. The summed E-state index contributed by atoms with van der Waals surface area (Å²) in [5, 5.41) is 10.8. The molecule has 5 nitrogen and oxygen atoms in total. The fourth-order valence-corrected chi connectivity index (χ4v) is 4.09. The number of Topliss-reactive ketones (excluding diaryl/α,β-unsaturated/α-hetero) is 1. The molecule has 7 heteroatoms. The Bertz CT molecular complexity index is 1090. The van der Waals surface area contributed by atoms with E-state index in [1.165, 1.54) is 18.2 Å². The van der Waals surface area contributed by atoms with Crippen molar-refractivity contribution in [1.29, 1.82) is 5.26 Å². The summed E-state index contributed by atoms with van der Waals surface area (Å²) in [5.41, 5.74) is 2.73. The predicted molar refractivity (Wildman–Crippen MR) is 115 cm³/mol. The second-order valence-electron chi connectivity index (χ2n) is 6.40. The van der Waals surface area contributed by atoms with Crippen LogP contribution in [0.2, 0.25) is 0 Å². The number of ketones is 1. The van der Waals surface area contributed by atoms with Crippen molar-refractivity contribution < 1.29 is 13.2 Å². The number of rotatable bonds is 6. The SMILES string of the molecule is C=CC/C(=C\C=C(C)C)S(=O)(=O)/N=C1\C=C(SC#N)C(=O)c2ccc(C)cc21. The van der Waals surface area contributed by atoms with E-state index in [-0.39, 0.29) is 27.7 Å². The molecule has 1 aliphatic rings. The maximum atomic E-state index is 12.9. The van der Waals surface area contributed by atoms with Crippen LogP contribution in [0.25, 0.3) is 0 Å². The molecule has 144 valence electrons. The standard InChI is InChI=1S/C21H20N2O3S2/c1-5-6-16(9-7-14(2)3)28(25,26)23-19-12-20(27-13-22)21(24)17-10-8-15(4)11-18(17)19/h5,7-12H,1,6H2,2-4H3/b16-9+,23-19+. The third-order valence-corrected chi connectivity index (χ3v) is 5.86. The first-order valence-corrected chi connectivity index (χ1v) is 10.7. The zero-order chi connectivity index (χ0) is 20.9. The molecule has 1 aromatic carbocycles. The molecule has 0 amide bonds.